The molecule has 0 saturated carbocycles. The van der Waals surface area contributed by atoms with Gasteiger partial charge in [-0.05, 0) is 18.6 Å². The summed E-state index contributed by atoms with van der Waals surface area (Å²) in [5.41, 5.74) is 2.61. The van der Waals surface area contributed by atoms with Gasteiger partial charge in [-0.2, -0.15) is 5.10 Å². The maximum Gasteiger partial charge on any atom is 0.360 e. The minimum atomic E-state index is -0.552. The van der Waals surface area contributed by atoms with E-state index >= 15 is 0 Å². The van der Waals surface area contributed by atoms with Gasteiger partial charge in [0, 0.05) is 25.0 Å². The van der Waals surface area contributed by atoms with Crippen LogP contribution < -0.4 is 0 Å². The molecule has 0 atom stereocenters. The van der Waals surface area contributed by atoms with E-state index in [1.807, 2.05) is 13.0 Å². The molecule has 0 N–H and O–H groups in total. The summed E-state index contributed by atoms with van der Waals surface area (Å²) in [5, 5.41) is 4.36. The van der Waals surface area contributed by atoms with Crippen molar-refractivity contribution in [2.45, 2.75) is 6.92 Å². The predicted molar refractivity (Wildman–Crippen MR) is 67.5 cm³/mol. The molecule has 2 rings (SSSR count). The van der Waals surface area contributed by atoms with Crippen molar-refractivity contribution in [1.82, 2.24) is 14.8 Å². The average molecular weight is 266 g/mol. The lowest BCUT2D eigenvalue weighted by molar-refractivity contribution is 0.0593. The molecule has 0 saturated heterocycles. The lowest BCUT2D eigenvalue weighted by Gasteiger charge is -2.05. The molecule has 5 nitrogen and oxygen atoms in total. The fourth-order valence-electron chi connectivity index (χ4n) is 1.73. The molecule has 0 radical (unpaired) electrons. The zero-order chi connectivity index (χ0) is 13.3. The van der Waals surface area contributed by atoms with Crippen molar-refractivity contribution in [2.24, 2.45) is 7.05 Å². The summed E-state index contributed by atoms with van der Waals surface area (Å²) in [4.78, 5) is 15.6. The van der Waals surface area contributed by atoms with Crippen LogP contribution in [0.5, 0.6) is 0 Å². The Balaban J connectivity index is 2.63. The summed E-state index contributed by atoms with van der Waals surface area (Å²) in [5.74, 6) is -0.552. The normalized spacial score (nSPS) is 10.4. The highest BCUT2D eigenvalue weighted by molar-refractivity contribution is 6.35. The lowest BCUT2D eigenvalue weighted by atomic mass is 10.1. The molecule has 0 aliphatic rings. The molecule has 0 unspecified atom stereocenters. The summed E-state index contributed by atoms with van der Waals surface area (Å²) in [6.45, 7) is 1.94. The molecular weight excluding hydrogens is 254 g/mol. The van der Waals surface area contributed by atoms with Gasteiger partial charge < -0.3 is 4.74 Å². The van der Waals surface area contributed by atoms with Gasteiger partial charge in [0.05, 0.1) is 12.8 Å². The van der Waals surface area contributed by atoms with E-state index in [2.05, 4.69) is 14.8 Å². The number of pyridine rings is 1. The first-order valence-corrected chi connectivity index (χ1v) is 5.65. The van der Waals surface area contributed by atoms with E-state index < -0.39 is 5.97 Å². The van der Waals surface area contributed by atoms with E-state index in [9.17, 15) is 4.79 Å². The van der Waals surface area contributed by atoms with Crippen LogP contribution in [-0.4, -0.2) is 27.8 Å². The number of nitrogens with zero attached hydrogens (tertiary/aromatic N) is 3. The third-order valence-electron chi connectivity index (χ3n) is 2.66. The molecule has 6 heteroatoms. The highest BCUT2D eigenvalue weighted by Crippen LogP contribution is 2.31. The van der Waals surface area contributed by atoms with E-state index in [1.54, 1.807) is 24.1 Å². The Morgan fingerprint density at radius 2 is 2.22 bits per heavy atom. The van der Waals surface area contributed by atoms with Crippen LogP contribution in [0.4, 0.5) is 0 Å². The summed E-state index contributed by atoms with van der Waals surface area (Å²) < 4.78 is 6.19. The molecule has 18 heavy (non-hydrogen) atoms. The molecule has 94 valence electrons. The predicted octanol–water partition coefficient (Wildman–Crippen LogP) is 2.23. The summed E-state index contributed by atoms with van der Waals surface area (Å²) in [6, 6.07) is 1.87. The van der Waals surface area contributed by atoms with Gasteiger partial charge in [0.2, 0.25) is 0 Å². The number of rotatable bonds is 2. The fraction of sp³-hybridized carbons (Fsp3) is 0.250. The molecule has 0 bridgehead atoms. The van der Waals surface area contributed by atoms with Crippen LogP contribution in [-0.2, 0) is 11.8 Å². The third-order valence-corrected chi connectivity index (χ3v) is 3.02. The minimum Gasteiger partial charge on any atom is -0.464 e. The number of hydrogen-bond donors (Lipinski definition) is 0. The van der Waals surface area contributed by atoms with Gasteiger partial charge in [0.25, 0.3) is 0 Å². The Morgan fingerprint density at radius 1 is 1.50 bits per heavy atom. The quantitative estimate of drug-likeness (QED) is 0.782. The van der Waals surface area contributed by atoms with E-state index in [0.29, 0.717) is 5.69 Å². The van der Waals surface area contributed by atoms with Crippen molar-refractivity contribution in [3.05, 3.63) is 34.7 Å². The van der Waals surface area contributed by atoms with Crippen LogP contribution in [0.3, 0.4) is 0 Å². The Labute approximate surface area is 109 Å². The van der Waals surface area contributed by atoms with E-state index in [0.717, 1.165) is 11.1 Å². The number of carbonyl (C=O) groups excluding carboxylic acids is 1. The molecule has 0 fully saturated rings. The minimum absolute atomic E-state index is 0.111. The highest BCUT2D eigenvalue weighted by Gasteiger charge is 2.22. The van der Waals surface area contributed by atoms with Crippen LogP contribution in [0.15, 0.2) is 18.5 Å². The van der Waals surface area contributed by atoms with Gasteiger partial charge in [-0.3, -0.25) is 9.67 Å². The van der Waals surface area contributed by atoms with Gasteiger partial charge in [-0.1, -0.05) is 11.6 Å². The number of carbonyl (C=O) groups is 1. The number of halogens is 1. The first-order valence-electron chi connectivity index (χ1n) is 5.28. The Hall–Kier alpha value is -1.88. The van der Waals surface area contributed by atoms with Crippen molar-refractivity contribution < 1.29 is 9.53 Å². The summed E-state index contributed by atoms with van der Waals surface area (Å²) in [7, 11) is 3.02. The van der Waals surface area contributed by atoms with Gasteiger partial charge >= 0.3 is 5.97 Å². The number of aromatic nitrogens is 3. The van der Waals surface area contributed by atoms with E-state index in [4.69, 9.17) is 11.6 Å². The first-order chi connectivity index (χ1) is 8.56. The molecule has 0 aliphatic carbocycles. The van der Waals surface area contributed by atoms with Crippen molar-refractivity contribution >= 4 is 17.6 Å². The molecule has 0 aromatic carbocycles. The highest BCUT2D eigenvalue weighted by atomic mass is 35.5. The molecule has 0 amide bonds. The van der Waals surface area contributed by atoms with Gasteiger partial charge in [0.1, 0.15) is 5.02 Å². The van der Waals surface area contributed by atoms with Crippen molar-refractivity contribution in [3.63, 3.8) is 0 Å². The van der Waals surface area contributed by atoms with Gasteiger partial charge in [-0.25, -0.2) is 4.79 Å². The van der Waals surface area contributed by atoms with E-state index in [-0.39, 0.29) is 10.7 Å². The fourth-order valence-corrected chi connectivity index (χ4v) is 2.07. The van der Waals surface area contributed by atoms with Gasteiger partial charge in [-0.15, -0.1) is 0 Å². The maximum absolute atomic E-state index is 11.5. The molecule has 2 aromatic heterocycles. The topological polar surface area (TPSA) is 57.0 Å². The molecule has 0 spiro atoms. The molecule has 2 aromatic rings. The maximum atomic E-state index is 11.5. The van der Waals surface area contributed by atoms with Crippen LogP contribution in [0.25, 0.3) is 11.3 Å². The van der Waals surface area contributed by atoms with E-state index in [1.165, 1.54) is 7.11 Å². The molecular formula is C12H12ClN3O2. The number of ether oxygens (including phenoxy) is 1. The van der Waals surface area contributed by atoms with Gasteiger partial charge in [0.15, 0.2) is 5.69 Å². The number of hydrogen-bond acceptors (Lipinski definition) is 4. The summed E-state index contributed by atoms with van der Waals surface area (Å²) in [6.07, 6.45) is 3.39. The van der Waals surface area contributed by atoms with Crippen LogP contribution >= 0.6 is 11.6 Å². The Bertz CT molecular complexity index is 607. The van der Waals surface area contributed by atoms with Crippen LogP contribution in [0, 0.1) is 6.92 Å². The van der Waals surface area contributed by atoms with Crippen LogP contribution in [0.2, 0.25) is 5.02 Å². The SMILES string of the molecule is COC(=O)c1nn(C)c(-c2cnccc2C)c1Cl. The molecule has 2 heterocycles. The third kappa shape index (κ3) is 1.97. The second-order valence-electron chi connectivity index (χ2n) is 3.82. The monoisotopic (exact) mass is 265 g/mol. The Kier molecular flexibility index (Phi) is 3.34. The average Bonchev–Trinajstić information content (AvgIpc) is 2.65. The second kappa shape index (κ2) is 4.78. The van der Waals surface area contributed by atoms with Crippen molar-refractivity contribution in [2.75, 3.05) is 7.11 Å². The number of esters is 1. The first kappa shape index (κ1) is 12.6. The Morgan fingerprint density at radius 3 is 2.83 bits per heavy atom. The second-order valence-corrected chi connectivity index (χ2v) is 4.19. The van der Waals surface area contributed by atoms with Crippen LogP contribution in [0.1, 0.15) is 16.1 Å². The standard InChI is InChI=1S/C12H12ClN3O2/c1-7-4-5-14-6-8(7)11-9(13)10(12(17)18-3)15-16(11)2/h4-6H,1-3H3. The molecule has 0 aliphatic heterocycles. The number of methoxy groups -OCH3 is 1. The zero-order valence-electron chi connectivity index (χ0n) is 10.3. The smallest absolute Gasteiger partial charge is 0.360 e. The van der Waals surface area contributed by atoms with Crippen molar-refractivity contribution in [3.8, 4) is 11.3 Å². The lowest BCUT2D eigenvalue weighted by Crippen LogP contribution is -2.03. The van der Waals surface area contributed by atoms with Crippen molar-refractivity contribution in [1.29, 1.82) is 0 Å². The summed E-state index contributed by atoms with van der Waals surface area (Å²) >= 11 is 6.20. The largest absolute Gasteiger partial charge is 0.464 e. The zero-order valence-corrected chi connectivity index (χ0v) is 11.0. The number of aryl methyl sites for hydroxylation is 2.